The first-order valence-corrected chi connectivity index (χ1v) is 13.6. The zero-order valence-electron chi connectivity index (χ0n) is 21.1. The van der Waals surface area contributed by atoms with Crippen LogP contribution in [-0.4, -0.2) is 69.4 Å². The van der Waals surface area contributed by atoms with Gasteiger partial charge in [0.05, 0.1) is 11.1 Å². The van der Waals surface area contributed by atoms with Crippen LogP contribution in [0.5, 0.6) is 0 Å². The standard InChI is InChI=1S/C28H26F3N5O2S/c1-34-14-23(17-3-2-4-19(9-17)28(29,30)31)22-6-5-18(10-25(22)34)26(37)36-12-21(13-36)33-20-7-8-35(11-20)27(38)24-15-39-16-32-24/h2-6,9-10,14-16,20-21,33H,7-8,11-13H2,1H3/t20-/m0/s1. The van der Waals surface area contributed by atoms with Crippen LogP contribution in [0.3, 0.4) is 0 Å². The number of nitrogens with one attached hydrogen (secondary N) is 1. The zero-order chi connectivity index (χ0) is 27.3. The van der Waals surface area contributed by atoms with Crippen molar-refractivity contribution in [1.29, 1.82) is 0 Å². The Balaban J connectivity index is 1.09. The number of likely N-dealkylation sites (tertiary alicyclic amines) is 2. The summed E-state index contributed by atoms with van der Waals surface area (Å²) in [7, 11) is 1.82. The van der Waals surface area contributed by atoms with E-state index in [2.05, 4.69) is 10.3 Å². The molecule has 4 heterocycles. The molecule has 0 radical (unpaired) electrons. The van der Waals surface area contributed by atoms with Crippen LogP contribution < -0.4 is 5.32 Å². The molecule has 1 N–H and O–H groups in total. The molecule has 2 aliphatic heterocycles. The maximum absolute atomic E-state index is 13.2. The lowest BCUT2D eigenvalue weighted by atomic mass is 10.0. The van der Waals surface area contributed by atoms with Gasteiger partial charge in [0, 0.05) is 78.9 Å². The fraction of sp³-hybridized carbons (Fsp3) is 0.321. The number of carbonyl (C=O) groups is 2. The van der Waals surface area contributed by atoms with Crippen molar-refractivity contribution in [2.45, 2.75) is 24.7 Å². The topological polar surface area (TPSA) is 70.5 Å². The molecular formula is C28H26F3N5O2S. The molecule has 2 aliphatic rings. The van der Waals surface area contributed by atoms with Crippen molar-refractivity contribution in [1.82, 2.24) is 24.7 Å². The number of aryl methyl sites for hydroxylation is 1. The molecule has 0 unspecified atom stereocenters. The van der Waals surface area contributed by atoms with Crippen LogP contribution in [-0.2, 0) is 13.2 Å². The number of hydrogen-bond acceptors (Lipinski definition) is 5. The van der Waals surface area contributed by atoms with Crippen molar-refractivity contribution >= 4 is 34.1 Å². The fourth-order valence-corrected chi connectivity index (χ4v) is 5.96. The average Bonchev–Trinajstić information content (AvgIpc) is 3.66. The first-order chi connectivity index (χ1) is 18.7. The van der Waals surface area contributed by atoms with E-state index in [1.807, 2.05) is 16.5 Å². The highest BCUT2D eigenvalue weighted by Crippen LogP contribution is 2.35. The molecule has 2 aromatic heterocycles. The van der Waals surface area contributed by atoms with Crippen LogP contribution in [0.1, 0.15) is 32.8 Å². The third-order valence-electron chi connectivity index (χ3n) is 7.51. The number of thiazole rings is 1. The lowest BCUT2D eigenvalue weighted by molar-refractivity contribution is -0.137. The smallest absolute Gasteiger partial charge is 0.350 e. The fourth-order valence-electron chi connectivity index (χ4n) is 5.44. The monoisotopic (exact) mass is 553 g/mol. The lowest BCUT2D eigenvalue weighted by Crippen LogP contribution is -2.62. The second-order valence-corrected chi connectivity index (χ2v) is 10.9. The molecule has 2 aromatic carbocycles. The van der Waals surface area contributed by atoms with E-state index >= 15 is 0 Å². The second-order valence-electron chi connectivity index (χ2n) is 10.1. The minimum absolute atomic E-state index is 0.0433. The average molecular weight is 554 g/mol. The number of hydrogen-bond donors (Lipinski definition) is 1. The molecule has 0 bridgehead atoms. The number of halogens is 3. The van der Waals surface area contributed by atoms with Crippen LogP contribution in [0, 0.1) is 0 Å². The Kier molecular flexibility index (Phi) is 6.43. The van der Waals surface area contributed by atoms with Gasteiger partial charge in [0.15, 0.2) is 0 Å². The molecule has 39 heavy (non-hydrogen) atoms. The molecule has 2 saturated heterocycles. The summed E-state index contributed by atoms with van der Waals surface area (Å²) in [5.74, 6) is -0.123. The Morgan fingerprint density at radius 1 is 1.03 bits per heavy atom. The van der Waals surface area contributed by atoms with Gasteiger partial charge in [0.25, 0.3) is 11.8 Å². The third kappa shape index (κ3) is 4.92. The molecular weight excluding hydrogens is 527 g/mol. The van der Waals surface area contributed by atoms with E-state index in [0.717, 1.165) is 29.5 Å². The van der Waals surface area contributed by atoms with Gasteiger partial charge in [0.2, 0.25) is 0 Å². The molecule has 0 aliphatic carbocycles. The summed E-state index contributed by atoms with van der Waals surface area (Å²) < 4.78 is 41.5. The second kappa shape index (κ2) is 9.80. The molecule has 0 spiro atoms. The van der Waals surface area contributed by atoms with Crippen molar-refractivity contribution in [3.63, 3.8) is 0 Å². The number of nitrogens with zero attached hydrogens (tertiary/aromatic N) is 4. The number of fused-ring (bicyclic) bond motifs is 1. The van der Waals surface area contributed by atoms with E-state index in [9.17, 15) is 22.8 Å². The van der Waals surface area contributed by atoms with Gasteiger partial charge in [-0.25, -0.2) is 4.98 Å². The molecule has 1 atom stereocenters. The van der Waals surface area contributed by atoms with Crippen molar-refractivity contribution < 1.29 is 22.8 Å². The van der Waals surface area contributed by atoms with Crippen molar-refractivity contribution in [2.24, 2.45) is 7.05 Å². The summed E-state index contributed by atoms with van der Waals surface area (Å²) in [4.78, 5) is 33.4. The Morgan fingerprint density at radius 2 is 1.82 bits per heavy atom. The summed E-state index contributed by atoms with van der Waals surface area (Å²) >= 11 is 1.40. The van der Waals surface area contributed by atoms with E-state index in [1.54, 1.807) is 46.3 Å². The first-order valence-electron chi connectivity index (χ1n) is 12.7. The molecule has 202 valence electrons. The molecule has 2 fully saturated rings. The number of benzene rings is 2. The van der Waals surface area contributed by atoms with Gasteiger partial charge in [0.1, 0.15) is 5.69 Å². The Labute approximate surface area is 226 Å². The van der Waals surface area contributed by atoms with E-state index in [0.29, 0.717) is 48.6 Å². The zero-order valence-corrected chi connectivity index (χ0v) is 21.9. The Hall–Kier alpha value is -3.70. The lowest BCUT2D eigenvalue weighted by Gasteiger charge is -2.41. The van der Waals surface area contributed by atoms with Gasteiger partial charge in [-0.15, -0.1) is 11.3 Å². The van der Waals surface area contributed by atoms with Crippen LogP contribution in [0.2, 0.25) is 0 Å². The minimum atomic E-state index is -4.42. The van der Waals surface area contributed by atoms with E-state index in [4.69, 9.17) is 0 Å². The maximum atomic E-state index is 13.2. The first kappa shape index (κ1) is 25.6. The third-order valence-corrected chi connectivity index (χ3v) is 8.09. The van der Waals surface area contributed by atoms with Gasteiger partial charge in [-0.05, 0) is 36.2 Å². The summed E-state index contributed by atoms with van der Waals surface area (Å²) in [6, 6.07) is 11.0. The molecule has 0 saturated carbocycles. The number of amides is 2. The van der Waals surface area contributed by atoms with Crippen molar-refractivity contribution in [3.8, 4) is 11.1 Å². The van der Waals surface area contributed by atoms with Crippen LogP contribution in [0.25, 0.3) is 22.0 Å². The highest BCUT2D eigenvalue weighted by atomic mass is 32.1. The highest BCUT2D eigenvalue weighted by molar-refractivity contribution is 7.07. The largest absolute Gasteiger partial charge is 0.416 e. The summed E-state index contributed by atoms with van der Waals surface area (Å²) in [5.41, 5.74) is 3.93. The summed E-state index contributed by atoms with van der Waals surface area (Å²) in [5, 5.41) is 6.12. The van der Waals surface area contributed by atoms with Crippen LogP contribution >= 0.6 is 11.3 Å². The quantitative estimate of drug-likeness (QED) is 0.391. The molecule has 2 amide bonds. The van der Waals surface area contributed by atoms with Crippen molar-refractivity contribution in [2.75, 3.05) is 26.2 Å². The predicted molar refractivity (Wildman–Crippen MR) is 143 cm³/mol. The molecule has 11 heteroatoms. The maximum Gasteiger partial charge on any atom is 0.416 e. The van der Waals surface area contributed by atoms with Gasteiger partial charge < -0.3 is 19.7 Å². The number of alkyl halides is 3. The minimum Gasteiger partial charge on any atom is -0.350 e. The molecule has 6 rings (SSSR count). The van der Waals surface area contributed by atoms with Gasteiger partial charge >= 0.3 is 6.18 Å². The summed E-state index contributed by atoms with van der Waals surface area (Å²) in [6.45, 7) is 2.47. The number of rotatable bonds is 5. The predicted octanol–water partition coefficient (Wildman–Crippen LogP) is 4.65. The van der Waals surface area contributed by atoms with Gasteiger partial charge in [-0.1, -0.05) is 18.2 Å². The molecule has 4 aromatic rings. The highest BCUT2D eigenvalue weighted by Gasteiger charge is 2.36. The van der Waals surface area contributed by atoms with E-state index in [-0.39, 0.29) is 23.9 Å². The molecule has 7 nitrogen and oxygen atoms in total. The van der Waals surface area contributed by atoms with Gasteiger partial charge in [-0.2, -0.15) is 13.2 Å². The van der Waals surface area contributed by atoms with Crippen molar-refractivity contribution in [3.05, 3.63) is 76.4 Å². The summed E-state index contributed by atoms with van der Waals surface area (Å²) in [6.07, 6.45) is -1.76. The SMILES string of the molecule is Cn1cc(-c2cccc(C(F)(F)F)c2)c2ccc(C(=O)N3CC(N[C@H]4CCN(C(=O)c5cscn5)C4)C3)cc21. The van der Waals surface area contributed by atoms with Gasteiger partial charge in [-0.3, -0.25) is 9.59 Å². The number of aromatic nitrogens is 2. The van der Waals surface area contributed by atoms with Crippen LogP contribution in [0.4, 0.5) is 13.2 Å². The normalized spacial score (nSPS) is 18.1. The Morgan fingerprint density at radius 3 is 2.56 bits per heavy atom. The van der Waals surface area contributed by atoms with Crippen LogP contribution in [0.15, 0.2) is 59.6 Å². The Bertz CT molecular complexity index is 1540. The van der Waals surface area contributed by atoms with E-state index in [1.165, 1.54) is 17.4 Å². The number of carbonyl (C=O) groups excluding carboxylic acids is 2. The van der Waals surface area contributed by atoms with E-state index < -0.39 is 11.7 Å².